The summed E-state index contributed by atoms with van der Waals surface area (Å²) < 4.78 is 40.9. The van der Waals surface area contributed by atoms with E-state index >= 15 is 0 Å². The van der Waals surface area contributed by atoms with Gasteiger partial charge in [-0.1, -0.05) is 96.5 Å². The number of nitrogens with zero attached hydrogens (tertiary/aromatic N) is 1. The minimum atomic E-state index is -4.23. The van der Waals surface area contributed by atoms with Crippen LogP contribution in [0.5, 0.6) is 0 Å². The number of phosphoric acid groups is 1. The van der Waals surface area contributed by atoms with Crippen molar-refractivity contribution in [1.82, 2.24) is 0 Å². The maximum atomic E-state index is 12.4. The molecule has 0 radical (unpaired) electrons. The summed E-state index contributed by atoms with van der Waals surface area (Å²) in [6, 6.07) is 5.65. The van der Waals surface area contributed by atoms with Crippen LogP contribution in [0, 0.1) is 0 Å². The van der Waals surface area contributed by atoms with Gasteiger partial charge in [0.05, 0.1) is 20.3 Å². The van der Waals surface area contributed by atoms with Crippen molar-refractivity contribution in [1.29, 1.82) is 0 Å². The largest absolute Gasteiger partial charge is 0.472 e. The molecule has 0 fully saturated rings. The zero-order valence-corrected chi connectivity index (χ0v) is 27.3. The highest BCUT2D eigenvalue weighted by molar-refractivity contribution is 7.47. The van der Waals surface area contributed by atoms with E-state index in [0.717, 1.165) is 12.8 Å². The van der Waals surface area contributed by atoms with E-state index < -0.39 is 13.9 Å². The average Bonchev–Trinajstić information content (AvgIpc) is 2.99. The number of carbonyl (C=O) groups excluding carboxylic acids is 1. The molecule has 0 saturated heterocycles. The van der Waals surface area contributed by atoms with Gasteiger partial charge in [0.1, 0.15) is 12.7 Å². The van der Waals surface area contributed by atoms with Crippen molar-refractivity contribution in [2.75, 3.05) is 40.1 Å². The second-order valence-corrected chi connectivity index (χ2v) is 12.4. The fraction of sp³-hybridized carbons (Fsp3) is 0.812. The fourth-order valence-electron chi connectivity index (χ4n) is 4.54. The average molecular weight is 617 g/mol. The summed E-state index contributed by atoms with van der Waals surface area (Å²) in [4.78, 5) is 21.4. The van der Waals surface area contributed by atoms with Crippen LogP contribution >= 0.6 is 7.82 Å². The van der Waals surface area contributed by atoms with Crippen LogP contribution in [-0.4, -0.2) is 57.1 Å². The van der Waals surface area contributed by atoms with Crippen molar-refractivity contribution in [3.63, 3.8) is 0 Å². The highest BCUT2D eigenvalue weighted by Gasteiger charge is 2.24. The fourth-order valence-corrected chi connectivity index (χ4v) is 5.28. The van der Waals surface area contributed by atoms with Gasteiger partial charge in [-0.3, -0.25) is 13.8 Å². The number of aromatic nitrogens is 1. The van der Waals surface area contributed by atoms with Crippen LogP contribution < -0.4 is 4.57 Å². The highest BCUT2D eigenvalue weighted by Crippen LogP contribution is 2.43. The number of rotatable bonds is 30. The summed E-state index contributed by atoms with van der Waals surface area (Å²) in [5.41, 5.74) is 0. The molecule has 1 aromatic rings. The van der Waals surface area contributed by atoms with Crippen LogP contribution in [0.15, 0.2) is 30.6 Å². The molecule has 1 rings (SSSR count). The van der Waals surface area contributed by atoms with Gasteiger partial charge in [0.25, 0.3) is 0 Å². The smallest absolute Gasteiger partial charge is 0.469 e. The van der Waals surface area contributed by atoms with E-state index in [2.05, 4.69) is 11.7 Å². The predicted octanol–water partition coefficient (Wildman–Crippen LogP) is 7.33. The summed E-state index contributed by atoms with van der Waals surface area (Å²) in [6.45, 7) is 3.86. The Balaban J connectivity index is 2.19. The summed E-state index contributed by atoms with van der Waals surface area (Å²) in [5, 5.41) is 0. The second-order valence-electron chi connectivity index (χ2n) is 10.9. The van der Waals surface area contributed by atoms with Crippen LogP contribution in [-0.2, 0) is 39.2 Å². The molecule has 0 amide bonds. The standard InChI is InChI=1S/C32H58NO8P/c1-3-4-5-6-7-8-9-10-11-12-13-14-15-20-26-38-29-31(39-27-21-17-22-32(34)37-2)30-41-42(35,36)40-28-25-33-23-18-16-19-24-33/h16,18-19,23-24,31H,3-15,17,20-22,25-30H2,1-2H3/p+1. The lowest BCUT2D eigenvalue weighted by atomic mass is 10.0. The molecule has 0 aliphatic carbocycles. The summed E-state index contributed by atoms with van der Waals surface area (Å²) in [7, 11) is -2.86. The molecule has 0 aliphatic rings. The Hall–Kier alpha value is -1.35. The minimum absolute atomic E-state index is 0.0388. The predicted molar refractivity (Wildman–Crippen MR) is 165 cm³/mol. The lowest BCUT2D eigenvalue weighted by Crippen LogP contribution is -2.34. The first kappa shape index (κ1) is 38.7. The van der Waals surface area contributed by atoms with E-state index in [1.165, 1.54) is 84.2 Å². The maximum absolute atomic E-state index is 12.4. The van der Waals surface area contributed by atoms with Crippen LogP contribution in [0.3, 0.4) is 0 Å². The van der Waals surface area contributed by atoms with Gasteiger partial charge in [0.15, 0.2) is 18.9 Å². The topological polar surface area (TPSA) is 104 Å². The number of hydrogen-bond donors (Lipinski definition) is 1. The van der Waals surface area contributed by atoms with E-state index in [4.69, 9.17) is 18.5 Å². The van der Waals surface area contributed by atoms with Gasteiger partial charge in [-0.15, -0.1) is 0 Å². The van der Waals surface area contributed by atoms with Gasteiger partial charge in [-0.25, -0.2) is 9.13 Å². The van der Waals surface area contributed by atoms with E-state index in [1.54, 1.807) is 0 Å². The third-order valence-electron chi connectivity index (χ3n) is 7.11. The van der Waals surface area contributed by atoms with Crippen molar-refractivity contribution >= 4 is 13.8 Å². The van der Waals surface area contributed by atoms with E-state index in [-0.39, 0.29) is 25.8 Å². The number of ether oxygens (including phenoxy) is 3. The number of carbonyl (C=O) groups is 1. The quantitative estimate of drug-likeness (QED) is 0.0415. The number of unbranched alkanes of at least 4 members (excludes halogenated alkanes) is 14. The van der Waals surface area contributed by atoms with Crippen molar-refractivity contribution in [2.45, 2.75) is 129 Å². The summed E-state index contributed by atoms with van der Waals surface area (Å²) in [6.07, 6.45) is 23.1. The molecule has 1 N–H and O–H groups in total. The Bertz CT molecular complexity index is 798. The Labute approximate surface area is 255 Å². The first-order valence-corrected chi connectivity index (χ1v) is 17.8. The van der Waals surface area contributed by atoms with Gasteiger partial charge in [0.2, 0.25) is 0 Å². The monoisotopic (exact) mass is 616 g/mol. The van der Waals surface area contributed by atoms with E-state index in [1.807, 2.05) is 35.2 Å². The van der Waals surface area contributed by atoms with Crippen LogP contribution in [0.1, 0.15) is 116 Å². The van der Waals surface area contributed by atoms with Crippen LogP contribution in [0.4, 0.5) is 0 Å². The third-order valence-corrected chi connectivity index (χ3v) is 8.09. The van der Waals surface area contributed by atoms with Gasteiger partial charge < -0.3 is 19.1 Å². The normalized spacial score (nSPS) is 13.6. The Morgan fingerprint density at radius 1 is 0.738 bits per heavy atom. The zero-order chi connectivity index (χ0) is 30.6. The first-order valence-electron chi connectivity index (χ1n) is 16.3. The Morgan fingerprint density at radius 3 is 1.90 bits per heavy atom. The summed E-state index contributed by atoms with van der Waals surface area (Å²) >= 11 is 0. The SMILES string of the molecule is CCCCCCCCCCCCCCCCOCC(COP(=O)(O)OCC[n+]1ccccc1)OCCCCC(=O)OC. The van der Waals surface area contributed by atoms with Crippen LogP contribution in [0.25, 0.3) is 0 Å². The van der Waals surface area contributed by atoms with E-state index in [9.17, 15) is 14.3 Å². The maximum Gasteiger partial charge on any atom is 0.472 e. The molecular formula is C32H59NO8P+. The number of esters is 1. The lowest BCUT2D eigenvalue weighted by Gasteiger charge is -2.20. The number of phosphoric ester groups is 1. The molecule has 0 bridgehead atoms. The molecule has 42 heavy (non-hydrogen) atoms. The zero-order valence-electron chi connectivity index (χ0n) is 26.4. The molecule has 1 heterocycles. The second kappa shape index (κ2) is 27.2. The number of methoxy groups -OCH3 is 1. The summed E-state index contributed by atoms with van der Waals surface area (Å²) in [5.74, 6) is -0.251. The van der Waals surface area contributed by atoms with Crippen molar-refractivity contribution in [3.05, 3.63) is 30.6 Å². The molecule has 0 spiro atoms. The molecular weight excluding hydrogens is 557 g/mol. The molecule has 0 aliphatic heterocycles. The van der Waals surface area contributed by atoms with Gasteiger partial charge in [-0.2, -0.15) is 0 Å². The molecule has 10 heteroatoms. The van der Waals surface area contributed by atoms with Gasteiger partial charge in [-0.05, 0) is 19.3 Å². The number of pyridine rings is 1. The Kier molecular flexibility index (Phi) is 25.1. The lowest BCUT2D eigenvalue weighted by molar-refractivity contribution is -0.697. The molecule has 1 aromatic heterocycles. The molecule has 2 unspecified atom stereocenters. The van der Waals surface area contributed by atoms with Crippen molar-refractivity contribution in [3.8, 4) is 0 Å². The van der Waals surface area contributed by atoms with Crippen molar-refractivity contribution < 1.29 is 42.1 Å². The first-order chi connectivity index (χ1) is 20.5. The highest BCUT2D eigenvalue weighted by atomic mass is 31.2. The molecule has 9 nitrogen and oxygen atoms in total. The van der Waals surface area contributed by atoms with Crippen molar-refractivity contribution in [2.24, 2.45) is 0 Å². The molecule has 2 atom stereocenters. The number of hydrogen-bond acceptors (Lipinski definition) is 7. The third kappa shape index (κ3) is 24.1. The molecule has 0 saturated carbocycles. The minimum Gasteiger partial charge on any atom is -0.469 e. The molecule has 244 valence electrons. The van der Waals surface area contributed by atoms with Gasteiger partial charge >= 0.3 is 13.8 Å². The van der Waals surface area contributed by atoms with E-state index in [0.29, 0.717) is 39.0 Å². The molecule has 0 aromatic carbocycles. The van der Waals surface area contributed by atoms with Gasteiger partial charge in [0, 0.05) is 31.8 Å². The van der Waals surface area contributed by atoms with Crippen LogP contribution in [0.2, 0.25) is 0 Å². The Morgan fingerprint density at radius 2 is 1.31 bits per heavy atom.